The lowest BCUT2D eigenvalue weighted by atomic mass is 10.4. The Hall–Kier alpha value is -1.57. The Labute approximate surface area is 88.4 Å². The van der Waals surface area contributed by atoms with Crippen LogP contribution in [0.1, 0.15) is 10.5 Å². The van der Waals surface area contributed by atoms with Gasteiger partial charge < -0.3 is 9.84 Å². The molecule has 0 aromatic carbocycles. The van der Waals surface area contributed by atoms with Crippen LogP contribution in [0.4, 0.5) is 13.2 Å². The smallest absolute Gasteiger partial charge is 0.411 e. The Bertz CT molecular complexity index is 362. The third kappa shape index (κ3) is 3.89. The number of carboxylic acid groups (broad SMARTS) is 1. The first kappa shape index (κ1) is 12.5. The topological polar surface area (TPSA) is 64.3 Å². The number of hydrogen-bond acceptors (Lipinski definition) is 3. The van der Waals surface area contributed by atoms with Crippen LogP contribution in [0.15, 0.2) is 12.3 Å². The van der Waals surface area contributed by atoms with Gasteiger partial charge in [0.1, 0.15) is 12.3 Å². The molecule has 1 heterocycles. The highest BCUT2D eigenvalue weighted by Crippen LogP contribution is 2.14. The first-order valence-electron chi connectivity index (χ1n) is 4.30. The number of hydrogen-bond donors (Lipinski definition) is 1. The van der Waals surface area contributed by atoms with E-state index in [1.807, 2.05) is 0 Å². The van der Waals surface area contributed by atoms with Crippen molar-refractivity contribution < 1.29 is 27.8 Å². The largest absolute Gasteiger partial charge is 0.477 e. The first-order chi connectivity index (χ1) is 7.40. The molecule has 1 aromatic heterocycles. The Morgan fingerprint density at radius 2 is 2.25 bits per heavy atom. The first-order valence-corrected chi connectivity index (χ1v) is 4.30. The number of carboxylic acids is 1. The predicted molar refractivity (Wildman–Crippen MR) is 46.1 cm³/mol. The van der Waals surface area contributed by atoms with Gasteiger partial charge in [-0.1, -0.05) is 0 Å². The molecule has 0 saturated carbocycles. The summed E-state index contributed by atoms with van der Waals surface area (Å²) in [6.45, 7) is -1.64. The van der Waals surface area contributed by atoms with Gasteiger partial charge in [-0.2, -0.15) is 18.3 Å². The fourth-order valence-electron chi connectivity index (χ4n) is 1.03. The van der Waals surface area contributed by atoms with E-state index in [2.05, 4.69) is 9.84 Å². The fraction of sp³-hybridized carbons (Fsp3) is 0.500. The minimum atomic E-state index is -4.38. The van der Waals surface area contributed by atoms with Gasteiger partial charge >= 0.3 is 12.1 Å². The summed E-state index contributed by atoms with van der Waals surface area (Å²) in [7, 11) is 0. The van der Waals surface area contributed by atoms with E-state index in [4.69, 9.17) is 5.11 Å². The Kier molecular flexibility index (Phi) is 3.88. The molecule has 0 radical (unpaired) electrons. The molecule has 0 aliphatic rings. The summed E-state index contributed by atoms with van der Waals surface area (Å²) in [5.74, 6) is -1.19. The van der Waals surface area contributed by atoms with Gasteiger partial charge in [-0.3, -0.25) is 4.68 Å². The molecule has 0 atom stereocenters. The standard InChI is InChI=1S/C8H9F3N2O3/c9-8(10,11)5-16-4-3-13-6(7(14)15)1-2-12-13/h1-2H,3-5H2,(H,14,15). The summed E-state index contributed by atoms with van der Waals surface area (Å²) in [6.07, 6.45) is -3.12. The van der Waals surface area contributed by atoms with Gasteiger partial charge in [-0.05, 0) is 6.07 Å². The van der Waals surface area contributed by atoms with Gasteiger partial charge in [-0.15, -0.1) is 0 Å². The van der Waals surface area contributed by atoms with Crippen LogP contribution in [0.3, 0.4) is 0 Å². The molecule has 0 bridgehead atoms. The van der Waals surface area contributed by atoms with Crippen LogP contribution >= 0.6 is 0 Å². The monoisotopic (exact) mass is 238 g/mol. The third-order valence-electron chi connectivity index (χ3n) is 1.65. The molecule has 0 fully saturated rings. The second-order valence-corrected chi connectivity index (χ2v) is 2.91. The molecular formula is C8H9F3N2O3. The van der Waals surface area contributed by atoms with Crippen molar-refractivity contribution >= 4 is 5.97 Å². The molecule has 16 heavy (non-hydrogen) atoms. The van der Waals surface area contributed by atoms with Gasteiger partial charge in [0.2, 0.25) is 0 Å². The molecule has 8 heteroatoms. The van der Waals surface area contributed by atoms with E-state index in [0.717, 1.165) is 4.68 Å². The van der Waals surface area contributed by atoms with Crippen molar-refractivity contribution in [1.82, 2.24) is 9.78 Å². The Morgan fingerprint density at radius 1 is 1.56 bits per heavy atom. The van der Waals surface area contributed by atoms with Crippen molar-refractivity contribution in [3.05, 3.63) is 18.0 Å². The van der Waals surface area contributed by atoms with Crippen molar-refractivity contribution in [2.75, 3.05) is 13.2 Å². The van der Waals surface area contributed by atoms with Crippen LogP contribution < -0.4 is 0 Å². The van der Waals surface area contributed by atoms with E-state index in [0.29, 0.717) is 0 Å². The van der Waals surface area contributed by atoms with Gasteiger partial charge in [0, 0.05) is 6.20 Å². The van der Waals surface area contributed by atoms with Crippen LogP contribution in [-0.2, 0) is 11.3 Å². The van der Waals surface area contributed by atoms with Crippen LogP contribution in [0.5, 0.6) is 0 Å². The van der Waals surface area contributed by atoms with E-state index < -0.39 is 18.8 Å². The summed E-state index contributed by atoms with van der Waals surface area (Å²) in [5, 5.41) is 12.3. The maximum Gasteiger partial charge on any atom is 0.411 e. The number of rotatable bonds is 5. The minimum Gasteiger partial charge on any atom is -0.477 e. The van der Waals surface area contributed by atoms with Crippen LogP contribution in [-0.4, -0.2) is 40.2 Å². The summed E-state index contributed by atoms with van der Waals surface area (Å²) in [6, 6.07) is 1.26. The highest BCUT2D eigenvalue weighted by atomic mass is 19.4. The molecule has 0 aliphatic carbocycles. The summed E-state index contributed by atoms with van der Waals surface area (Å²) in [4.78, 5) is 10.6. The zero-order valence-electron chi connectivity index (χ0n) is 8.07. The van der Waals surface area contributed by atoms with E-state index in [-0.39, 0.29) is 18.8 Å². The number of halogens is 3. The maximum absolute atomic E-state index is 11.7. The third-order valence-corrected chi connectivity index (χ3v) is 1.65. The Balaban J connectivity index is 2.38. The number of alkyl halides is 3. The van der Waals surface area contributed by atoms with Gasteiger partial charge in [0.05, 0.1) is 13.2 Å². The Morgan fingerprint density at radius 3 is 2.81 bits per heavy atom. The highest BCUT2D eigenvalue weighted by molar-refractivity contribution is 5.85. The fourth-order valence-corrected chi connectivity index (χ4v) is 1.03. The number of carbonyl (C=O) groups is 1. The summed E-state index contributed by atoms with van der Waals surface area (Å²) in [5.41, 5.74) is -0.0874. The lowest BCUT2D eigenvalue weighted by Gasteiger charge is -2.08. The van der Waals surface area contributed by atoms with Crippen LogP contribution in [0.25, 0.3) is 0 Å². The molecule has 5 nitrogen and oxygen atoms in total. The maximum atomic E-state index is 11.7. The van der Waals surface area contributed by atoms with E-state index in [1.165, 1.54) is 12.3 Å². The van der Waals surface area contributed by atoms with Crippen molar-refractivity contribution in [3.8, 4) is 0 Å². The molecule has 1 aromatic rings. The van der Waals surface area contributed by atoms with E-state index in [9.17, 15) is 18.0 Å². The normalized spacial score (nSPS) is 11.7. The molecule has 1 N–H and O–H groups in total. The lowest BCUT2D eigenvalue weighted by Crippen LogP contribution is -2.20. The summed E-state index contributed by atoms with van der Waals surface area (Å²) < 4.78 is 40.5. The molecule has 1 rings (SSSR count). The average Bonchev–Trinajstić information content (AvgIpc) is 2.58. The summed E-state index contributed by atoms with van der Waals surface area (Å²) >= 11 is 0. The number of aromatic nitrogens is 2. The van der Waals surface area contributed by atoms with E-state index >= 15 is 0 Å². The van der Waals surface area contributed by atoms with Gasteiger partial charge in [0.15, 0.2) is 0 Å². The zero-order chi connectivity index (χ0) is 12.2. The molecule has 0 amide bonds. The molecule has 0 aliphatic heterocycles. The average molecular weight is 238 g/mol. The predicted octanol–water partition coefficient (Wildman–Crippen LogP) is 1.16. The number of aromatic carboxylic acids is 1. The van der Waals surface area contributed by atoms with Crippen LogP contribution in [0.2, 0.25) is 0 Å². The number of ether oxygens (including phenoxy) is 1. The number of nitrogens with zero attached hydrogens (tertiary/aromatic N) is 2. The SMILES string of the molecule is O=C(O)c1ccnn1CCOCC(F)(F)F. The van der Waals surface area contributed by atoms with E-state index in [1.54, 1.807) is 0 Å². The molecule has 0 saturated heterocycles. The quantitative estimate of drug-likeness (QED) is 0.782. The van der Waals surface area contributed by atoms with Gasteiger partial charge in [0.25, 0.3) is 0 Å². The van der Waals surface area contributed by atoms with Crippen LogP contribution in [0, 0.1) is 0 Å². The lowest BCUT2D eigenvalue weighted by molar-refractivity contribution is -0.174. The molecule has 0 spiro atoms. The van der Waals surface area contributed by atoms with Crippen molar-refractivity contribution in [1.29, 1.82) is 0 Å². The molecule has 90 valence electrons. The second kappa shape index (κ2) is 4.97. The minimum absolute atomic E-state index is 0.0370. The van der Waals surface area contributed by atoms with Crippen molar-refractivity contribution in [2.24, 2.45) is 0 Å². The van der Waals surface area contributed by atoms with Crippen molar-refractivity contribution in [3.63, 3.8) is 0 Å². The molecule has 0 unspecified atom stereocenters. The molecular weight excluding hydrogens is 229 g/mol. The van der Waals surface area contributed by atoms with Gasteiger partial charge in [-0.25, -0.2) is 4.79 Å². The van der Waals surface area contributed by atoms with Crippen molar-refractivity contribution in [2.45, 2.75) is 12.7 Å². The highest BCUT2D eigenvalue weighted by Gasteiger charge is 2.27. The second-order valence-electron chi connectivity index (χ2n) is 2.91. The zero-order valence-corrected chi connectivity index (χ0v) is 8.07.